The van der Waals surface area contributed by atoms with Gasteiger partial charge in [-0.05, 0) is 19.3 Å². The van der Waals surface area contributed by atoms with Crippen LogP contribution in [0.4, 0.5) is 0 Å². The molecule has 7 nitrogen and oxygen atoms in total. The number of carbonyl (C=O) groups is 2. The van der Waals surface area contributed by atoms with E-state index in [-0.39, 0.29) is 29.0 Å². The van der Waals surface area contributed by atoms with Gasteiger partial charge < -0.3 is 9.64 Å². The highest BCUT2D eigenvalue weighted by atomic mass is 32.1. The average molecular weight is 391 g/mol. The first-order valence-electron chi connectivity index (χ1n) is 9.53. The van der Waals surface area contributed by atoms with Crippen molar-refractivity contribution in [3.05, 3.63) is 27.6 Å². The van der Waals surface area contributed by atoms with Crippen molar-refractivity contribution in [2.24, 2.45) is 0 Å². The normalized spacial score (nSPS) is 14.9. The first-order valence-corrected chi connectivity index (χ1v) is 10.4. The van der Waals surface area contributed by atoms with Crippen molar-refractivity contribution < 1.29 is 14.3 Å². The van der Waals surface area contributed by atoms with E-state index in [2.05, 4.69) is 4.98 Å². The first kappa shape index (κ1) is 19.5. The van der Waals surface area contributed by atoms with Crippen molar-refractivity contribution in [2.75, 3.05) is 19.7 Å². The number of likely N-dealkylation sites (tertiary alicyclic amines) is 1. The molecule has 3 heterocycles. The fraction of sp³-hybridized carbons (Fsp3) is 0.579. The number of amides is 1. The monoisotopic (exact) mass is 391 g/mol. The van der Waals surface area contributed by atoms with Crippen LogP contribution in [0.5, 0.6) is 0 Å². The van der Waals surface area contributed by atoms with Gasteiger partial charge in [-0.1, -0.05) is 26.2 Å². The number of aromatic nitrogens is 2. The molecule has 1 saturated heterocycles. The molecule has 0 saturated carbocycles. The Balaban J connectivity index is 1.81. The van der Waals surface area contributed by atoms with Crippen molar-refractivity contribution in [1.82, 2.24) is 14.5 Å². The molecule has 0 aliphatic carbocycles. The molecule has 0 atom stereocenters. The maximum Gasteiger partial charge on any atom is 0.339 e. The van der Waals surface area contributed by atoms with E-state index >= 15 is 0 Å². The first-order chi connectivity index (χ1) is 13.1. The van der Waals surface area contributed by atoms with Crippen LogP contribution < -0.4 is 5.56 Å². The zero-order valence-corrected chi connectivity index (χ0v) is 16.4. The summed E-state index contributed by atoms with van der Waals surface area (Å²) in [6.45, 7) is 3.75. The zero-order chi connectivity index (χ0) is 19.2. The lowest BCUT2D eigenvalue weighted by molar-refractivity contribution is -0.131. The SMILES string of the molecule is CCCCOC(=O)c1csc2ncn(CC(=O)N3CCCCCC3)c(=O)c12. The summed E-state index contributed by atoms with van der Waals surface area (Å²) >= 11 is 1.23. The number of rotatable bonds is 6. The summed E-state index contributed by atoms with van der Waals surface area (Å²) in [7, 11) is 0. The van der Waals surface area contributed by atoms with E-state index < -0.39 is 5.97 Å². The van der Waals surface area contributed by atoms with Crippen molar-refractivity contribution in [2.45, 2.75) is 52.0 Å². The molecule has 1 amide bonds. The van der Waals surface area contributed by atoms with E-state index in [1.807, 2.05) is 11.8 Å². The van der Waals surface area contributed by atoms with Crippen molar-refractivity contribution in [1.29, 1.82) is 0 Å². The molecule has 146 valence electrons. The fourth-order valence-corrected chi connectivity index (χ4v) is 4.05. The van der Waals surface area contributed by atoms with Crippen molar-refractivity contribution >= 4 is 33.4 Å². The predicted molar refractivity (Wildman–Crippen MR) is 104 cm³/mol. The van der Waals surface area contributed by atoms with Gasteiger partial charge in [-0.15, -0.1) is 11.3 Å². The molecule has 0 spiro atoms. The summed E-state index contributed by atoms with van der Waals surface area (Å²) in [6.07, 6.45) is 7.35. The maximum atomic E-state index is 12.9. The number of hydrogen-bond acceptors (Lipinski definition) is 6. The van der Waals surface area contributed by atoms with Gasteiger partial charge in [-0.3, -0.25) is 14.2 Å². The number of hydrogen-bond donors (Lipinski definition) is 0. The van der Waals surface area contributed by atoms with Gasteiger partial charge in [0.05, 0.1) is 23.9 Å². The Bertz CT molecular complexity index is 865. The molecule has 0 bridgehead atoms. The lowest BCUT2D eigenvalue weighted by Gasteiger charge is -2.20. The highest BCUT2D eigenvalue weighted by Crippen LogP contribution is 2.21. The predicted octanol–water partition coefficient (Wildman–Crippen LogP) is 2.82. The van der Waals surface area contributed by atoms with Crippen LogP contribution in [-0.4, -0.2) is 46.0 Å². The minimum absolute atomic E-state index is 0.0536. The number of carbonyl (C=O) groups excluding carboxylic acids is 2. The number of nitrogens with zero attached hydrogens (tertiary/aromatic N) is 3. The van der Waals surface area contributed by atoms with Crippen LogP contribution in [0.25, 0.3) is 10.2 Å². The lowest BCUT2D eigenvalue weighted by Crippen LogP contribution is -2.37. The Kier molecular flexibility index (Phi) is 6.60. The van der Waals surface area contributed by atoms with Gasteiger partial charge in [0, 0.05) is 18.5 Å². The molecule has 2 aromatic rings. The number of thiophene rings is 1. The molecule has 0 aromatic carbocycles. The van der Waals surface area contributed by atoms with E-state index in [1.54, 1.807) is 5.38 Å². The third-order valence-corrected chi connectivity index (χ3v) is 5.66. The molecule has 0 radical (unpaired) electrons. The second-order valence-electron chi connectivity index (χ2n) is 6.79. The van der Waals surface area contributed by atoms with Gasteiger partial charge in [0.15, 0.2) is 0 Å². The Morgan fingerprint density at radius 3 is 2.67 bits per heavy atom. The quantitative estimate of drug-likeness (QED) is 0.559. The summed E-state index contributed by atoms with van der Waals surface area (Å²) in [5.74, 6) is -0.590. The Morgan fingerprint density at radius 1 is 1.22 bits per heavy atom. The second-order valence-corrected chi connectivity index (χ2v) is 7.65. The second kappa shape index (κ2) is 9.12. The summed E-state index contributed by atoms with van der Waals surface area (Å²) in [6, 6.07) is 0. The molecular formula is C19H25N3O4S. The molecule has 2 aromatic heterocycles. The molecule has 1 fully saturated rings. The third-order valence-electron chi connectivity index (χ3n) is 4.78. The Morgan fingerprint density at radius 2 is 1.96 bits per heavy atom. The summed E-state index contributed by atoms with van der Waals surface area (Å²) < 4.78 is 6.53. The van der Waals surface area contributed by atoms with Crippen LogP contribution in [0.2, 0.25) is 0 Å². The molecular weight excluding hydrogens is 366 g/mol. The summed E-state index contributed by atoms with van der Waals surface area (Å²) in [5, 5.41) is 1.85. The minimum atomic E-state index is -0.509. The molecule has 0 N–H and O–H groups in total. The van der Waals surface area contributed by atoms with Gasteiger partial charge >= 0.3 is 5.97 Å². The van der Waals surface area contributed by atoms with Gasteiger partial charge in [0.2, 0.25) is 5.91 Å². The summed E-state index contributed by atoms with van der Waals surface area (Å²) in [4.78, 5) is 44.3. The van der Waals surface area contributed by atoms with E-state index in [9.17, 15) is 14.4 Å². The zero-order valence-electron chi connectivity index (χ0n) is 15.6. The number of ether oxygens (including phenoxy) is 1. The number of esters is 1. The maximum absolute atomic E-state index is 12.9. The third kappa shape index (κ3) is 4.55. The van der Waals surface area contributed by atoms with Crippen LogP contribution in [0.15, 0.2) is 16.5 Å². The smallest absolute Gasteiger partial charge is 0.339 e. The molecule has 1 aliphatic rings. The average Bonchev–Trinajstić information content (AvgIpc) is 2.91. The van der Waals surface area contributed by atoms with E-state index in [0.717, 1.165) is 51.6 Å². The van der Waals surface area contributed by atoms with E-state index in [0.29, 0.717) is 11.4 Å². The molecule has 3 rings (SSSR count). The largest absolute Gasteiger partial charge is 0.462 e. The van der Waals surface area contributed by atoms with Crippen molar-refractivity contribution in [3.8, 4) is 0 Å². The van der Waals surface area contributed by atoms with Crippen molar-refractivity contribution in [3.63, 3.8) is 0 Å². The van der Waals surface area contributed by atoms with Crippen LogP contribution in [0, 0.1) is 0 Å². The standard InChI is InChI=1S/C19H25N3O4S/c1-2-3-10-26-19(25)14-12-27-17-16(14)18(24)22(13-20-17)11-15(23)21-8-6-4-5-7-9-21/h12-13H,2-11H2,1H3. The fourth-order valence-electron chi connectivity index (χ4n) is 3.18. The van der Waals surface area contributed by atoms with Gasteiger partial charge in [-0.2, -0.15) is 0 Å². The van der Waals surface area contributed by atoms with Crippen LogP contribution in [0.3, 0.4) is 0 Å². The van der Waals surface area contributed by atoms with Gasteiger partial charge in [-0.25, -0.2) is 9.78 Å². The highest BCUT2D eigenvalue weighted by molar-refractivity contribution is 7.17. The molecule has 27 heavy (non-hydrogen) atoms. The number of unbranched alkanes of at least 4 members (excludes halogenated alkanes) is 1. The molecule has 0 unspecified atom stereocenters. The van der Waals surface area contributed by atoms with Crippen LogP contribution >= 0.6 is 11.3 Å². The number of fused-ring (bicyclic) bond motifs is 1. The van der Waals surface area contributed by atoms with Crippen LogP contribution in [0.1, 0.15) is 55.8 Å². The van der Waals surface area contributed by atoms with Gasteiger partial charge in [0.25, 0.3) is 5.56 Å². The topological polar surface area (TPSA) is 81.5 Å². The Labute approximate surface area is 161 Å². The molecule has 1 aliphatic heterocycles. The molecule has 8 heteroatoms. The Hall–Kier alpha value is -2.22. The van der Waals surface area contributed by atoms with Crippen LogP contribution in [-0.2, 0) is 16.1 Å². The van der Waals surface area contributed by atoms with E-state index in [1.165, 1.54) is 22.2 Å². The van der Waals surface area contributed by atoms with E-state index in [4.69, 9.17) is 4.74 Å². The highest BCUT2D eigenvalue weighted by Gasteiger charge is 2.21. The lowest BCUT2D eigenvalue weighted by atomic mass is 10.2. The minimum Gasteiger partial charge on any atom is -0.462 e. The summed E-state index contributed by atoms with van der Waals surface area (Å²) in [5.41, 5.74) is -0.132. The van der Waals surface area contributed by atoms with Gasteiger partial charge in [0.1, 0.15) is 11.4 Å².